The number of hydrogen-bond acceptors (Lipinski definition) is 3. The first-order valence-electron chi connectivity index (χ1n) is 9.91. The van der Waals surface area contributed by atoms with E-state index in [1.165, 1.54) is 14.0 Å². The first-order chi connectivity index (χ1) is 15.2. The number of rotatable bonds is 7. The molecule has 180 valence electrons. The number of esters is 1. The summed E-state index contributed by atoms with van der Waals surface area (Å²) in [5, 5.41) is 0. The zero-order chi connectivity index (χ0) is 25.0. The largest absolute Gasteiger partial charge is 0.466 e. The molecule has 0 aromatic heterocycles. The maximum absolute atomic E-state index is 13.2. The van der Waals surface area contributed by atoms with E-state index in [0.29, 0.717) is 12.1 Å². The zero-order valence-corrected chi connectivity index (χ0v) is 18.5. The summed E-state index contributed by atoms with van der Waals surface area (Å²) in [6, 6.07) is 10.2. The van der Waals surface area contributed by atoms with Crippen LogP contribution in [0.5, 0.6) is 0 Å². The number of alkyl halides is 6. The lowest BCUT2D eigenvalue weighted by atomic mass is 9.81. The molecule has 0 radical (unpaired) electrons. The van der Waals surface area contributed by atoms with Crippen LogP contribution in [0.1, 0.15) is 49.1 Å². The van der Waals surface area contributed by atoms with Crippen molar-refractivity contribution in [3.8, 4) is 0 Å². The van der Waals surface area contributed by atoms with E-state index in [1.54, 1.807) is 50.3 Å². The second kappa shape index (κ2) is 9.99. The van der Waals surface area contributed by atoms with Gasteiger partial charge in [-0.25, -0.2) is 4.79 Å². The van der Waals surface area contributed by atoms with Crippen LogP contribution in [0, 0.1) is 0 Å². The predicted octanol–water partition coefficient (Wildman–Crippen LogP) is 6.88. The highest BCUT2D eigenvalue weighted by Gasteiger charge is 2.37. The number of carbonyl (C=O) groups is 1. The monoisotopic (exact) mass is 474 g/mol. The van der Waals surface area contributed by atoms with Crippen LogP contribution in [-0.4, -0.2) is 19.7 Å². The lowest BCUT2D eigenvalue weighted by Gasteiger charge is -2.29. The molecule has 0 unspecified atom stereocenters. The van der Waals surface area contributed by atoms with Crippen molar-refractivity contribution in [1.29, 1.82) is 0 Å². The third kappa shape index (κ3) is 6.83. The third-order valence-corrected chi connectivity index (χ3v) is 5.19. The van der Waals surface area contributed by atoms with Gasteiger partial charge in [0.2, 0.25) is 0 Å². The van der Waals surface area contributed by atoms with Gasteiger partial charge in [0.1, 0.15) is 0 Å². The molecule has 3 nitrogen and oxygen atoms in total. The molecule has 0 fully saturated rings. The molecule has 2 atom stereocenters. The summed E-state index contributed by atoms with van der Waals surface area (Å²) in [6.45, 7) is 4.54. The van der Waals surface area contributed by atoms with Gasteiger partial charge in [0.05, 0.1) is 30.9 Å². The highest BCUT2D eigenvalue weighted by molar-refractivity contribution is 5.87. The maximum atomic E-state index is 13.2. The van der Waals surface area contributed by atoms with Crippen molar-refractivity contribution in [1.82, 2.24) is 0 Å². The number of methoxy groups -OCH3 is 1. The summed E-state index contributed by atoms with van der Waals surface area (Å²) in [6.07, 6.45) is -9.39. The fraction of sp³-hybridized carbons (Fsp3) is 0.375. The van der Waals surface area contributed by atoms with Crippen LogP contribution in [0.15, 0.2) is 60.2 Å². The summed E-state index contributed by atoms with van der Waals surface area (Å²) in [4.78, 5) is 11.9. The first kappa shape index (κ1) is 26.4. The Morgan fingerprint density at radius 2 is 1.45 bits per heavy atom. The topological polar surface area (TPSA) is 35.5 Å². The molecule has 0 N–H and O–H groups in total. The van der Waals surface area contributed by atoms with Gasteiger partial charge in [-0.3, -0.25) is 0 Å². The third-order valence-electron chi connectivity index (χ3n) is 5.19. The molecule has 9 heteroatoms. The summed E-state index contributed by atoms with van der Waals surface area (Å²) in [5.74, 6) is -0.571. The van der Waals surface area contributed by atoms with Gasteiger partial charge in [-0.1, -0.05) is 36.4 Å². The van der Waals surface area contributed by atoms with Gasteiger partial charge in [-0.05, 0) is 50.1 Å². The molecule has 0 saturated heterocycles. The van der Waals surface area contributed by atoms with E-state index in [-0.39, 0.29) is 23.8 Å². The molecular formula is C24H24F6O3. The van der Waals surface area contributed by atoms with Gasteiger partial charge in [-0.15, -0.1) is 0 Å². The minimum absolute atomic E-state index is 0.0762. The van der Waals surface area contributed by atoms with Crippen LogP contribution < -0.4 is 0 Å². The van der Waals surface area contributed by atoms with Crippen LogP contribution in [0.3, 0.4) is 0 Å². The van der Waals surface area contributed by atoms with Crippen LogP contribution in [0.4, 0.5) is 26.3 Å². The quantitative estimate of drug-likeness (QED) is 0.249. The molecular weight excluding hydrogens is 450 g/mol. The second-order valence-electron chi connectivity index (χ2n) is 7.89. The molecule has 0 aliphatic heterocycles. The van der Waals surface area contributed by atoms with Crippen LogP contribution in [0.2, 0.25) is 0 Å². The van der Waals surface area contributed by atoms with Crippen molar-refractivity contribution in [2.75, 3.05) is 13.7 Å². The van der Waals surface area contributed by atoms with E-state index in [2.05, 4.69) is 0 Å². The van der Waals surface area contributed by atoms with Gasteiger partial charge in [-0.2, -0.15) is 26.3 Å². The molecule has 2 aromatic rings. The smallest absolute Gasteiger partial charge is 0.416 e. The van der Waals surface area contributed by atoms with Crippen molar-refractivity contribution in [2.24, 2.45) is 0 Å². The molecule has 33 heavy (non-hydrogen) atoms. The Labute approximate surface area is 188 Å². The Kier molecular flexibility index (Phi) is 8.00. The van der Waals surface area contributed by atoms with E-state index < -0.39 is 41.0 Å². The van der Waals surface area contributed by atoms with Crippen molar-refractivity contribution in [2.45, 2.75) is 44.6 Å². The van der Waals surface area contributed by atoms with E-state index in [4.69, 9.17) is 9.47 Å². The average Bonchev–Trinajstić information content (AvgIpc) is 2.75. The highest BCUT2D eigenvalue weighted by Crippen LogP contribution is 2.38. The molecule has 0 saturated carbocycles. The Hall–Kier alpha value is -2.81. The van der Waals surface area contributed by atoms with Crippen molar-refractivity contribution in [3.63, 3.8) is 0 Å². The number of carbonyl (C=O) groups excluding carboxylic acids is 1. The van der Waals surface area contributed by atoms with Crippen molar-refractivity contribution < 1.29 is 40.6 Å². The minimum Gasteiger partial charge on any atom is -0.466 e. The van der Waals surface area contributed by atoms with Gasteiger partial charge >= 0.3 is 18.3 Å². The van der Waals surface area contributed by atoms with Gasteiger partial charge in [0, 0.05) is 11.0 Å². The van der Waals surface area contributed by atoms with E-state index in [0.717, 1.165) is 5.56 Å². The average molecular weight is 474 g/mol. The molecule has 2 aromatic carbocycles. The number of benzene rings is 2. The van der Waals surface area contributed by atoms with E-state index in [1.807, 2.05) is 0 Å². The SMILES string of the molecule is COC(=O)/C(C)=C/[C@@](C)(CO[C@H](C)c1cc(C(F)(F)F)cc(C(F)(F)F)c1)c1ccccc1. The molecule has 2 rings (SSSR count). The summed E-state index contributed by atoms with van der Waals surface area (Å²) in [7, 11) is 1.23. The zero-order valence-electron chi connectivity index (χ0n) is 18.5. The van der Waals surface area contributed by atoms with Crippen molar-refractivity contribution in [3.05, 3.63) is 82.4 Å². The molecule has 0 amide bonds. The molecule has 0 bridgehead atoms. The lowest BCUT2D eigenvalue weighted by Crippen LogP contribution is -2.28. The number of ether oxygens (including phenoxy) is 2. The summed E-state index contributed by atoms with van der Waals surface area (Å²) in [5.41, 5.74) is -2.98. The highest BCUT2D eigenvalue weighted by atomic mass is 19.4. The molecule has 0 aliphatic carbocycles. The van der Waals surface area contributed by atoms with Gasteiger partial charge < -0.3 is 9.47 Å². The Bertz CT molecular complexity index is 963. The lowest BCUT2D eigenvalue weighted by molar-refractivity contribution is -0.143. The van der Waals surface area contributed by atoms with Crippen LogP contribution >= 0.6 is 0 Å². The fourth-order valence-corrected chi connectivity index (χ4v) is 3.33. The van der Waals surface area contributed by atoms with Gasteiger partial charge in [0.15, 0.2) is 0 Å². The maximum Gasteiger partial charge on any atom is 0.416 e. The van der Waals surface area contributed by atoms with E-state index >= 15 is 0 Å². The number of halogens is 6. The second-order valence-corrected chi connectivity index (χ2v) is 7.89. The van der Waals surface area contributed by atoms with E-state index in [9.17, 15) is 31.1 Å². The first-order valence-corrected chi connectivity index (χ1v) is 9.91. The summed E-state index contributed by atoms with van der Waals surface area (Å²) < 4.78 is 89.6. The van der Waals surface area contributed by atoms with Gasteiger partial charge in [0.25, 0.3) is 0 Å². The Morgan fingerprint density at radius 3 is 1.91 bits per heavy atom. The molecule has 0 aliphatic rings. The fourth-order valence-electron chi connectivity index (χ4n) is 3.33. The number of hydrogen-bond donors (Lipinski definition) is 0. The Balaban J connectivity index is 2.41. The molecule has 0 spiro atoms. The normalized spacial score (nSPS) is 15.6. The minimum atomic E-state index is -4.95. The van der Waals surface area contributed by atoms with Crippen LogP contribution in [0.25, 0.3) is 0 Å². The predicted molar refractivity (Wildman–Crippen MR) is 110 cm³/mol. The molecule has 0 heterocycles. The summed E-state index contributed by atoms with van der Waals surface area (Å²) >= 11 is 0. The Morgan fingerprint density at radius 1 is 0.939 bits per heavy atom. The van der Waals surface area contributed by atoms with Crippen molar-refractivity contribution >= 4 is 5.97 Å². The van der Waals surface area contributed by atoms with Crippen LogP contribution in [-0.2, 0) is 32.0 Å². The standard InChI is InChI=1S/C24H24F6O3/c1-15(21(31)32-4)13-22(3,18-8-6-5-7-9-18)14-33-16(2)17-10-19(23(25,26)27)12-20(11-17)24(28,29)30/h5-13,16H,14H2,1-4H3/b15-13+/t16-,22+/m1/s1.